The molecule has 0 aromatic heterocycles. The minimum absolute atomic E-state index is 0.0306. The van der Waals surface area contributed by atoms with Gasteiger partial charge < -0.3 is 28.5 Å². The molecule has 0 saturated carbocycles. The maximum Gasteiger partial charge on any atom is 0.306 e. The van der Waals surface area contributed by atoms with E-state index in [1.54, 1.807) is 0 Å². The first-order valence-electron chi connectivity index (χ1n) is 35.9. The molecule has 1 N–H and O–H groups in total. The molecule has 1 amide bonds. The molecular formula is C75H137N2O7P. The molecule has 0 bridgehead atoms. The van der Waals surface area contributed by atoms with Crippen molar-refractivity contribution in [3.8, 4) is 0 Å². The number of allylic oxidation sites excluding steroid dienone is 13. The lowest BCUT2D eigenvalue weighted by Gasteiger charge is -2.30. The third kappa shape index (κ3) is 65.5. The number of amides is 1. The summed E-state index contributed by atoms with van der Waals surface area (Å²) in [5.41, 5.74) is 0. The summed E-state index contributed by atoms with van der Waals surface area (Å²) >= 11 is 0. The van der Waals surface area contributed by atoms with Gasteiger partial charge in [-0.15, -0.1) is 0 Å². The SMILES string of the molecule is CCCCC/C=C\C/C=C\C/C=C\C/C=C\CCCCCC(=O)NC(COP(=O)([O-])OCC[N+](C)(C)C)C(/C=C\CCCCCCCCCCCCC)OC(=O)CCCCCCCCCCCCCCCCCCC/C=C\C/C=C\CCCCC. The van der Waals surface area contributed by atoms with Crippen molar-refractivity contribution < 1.29 is 37.3 Å². The van der Waals surface area contributed by atoms with Crippen molar-refractivity contribution in [3.05, 3.63) is 85.1 Å². The summed E-state index contributed by atoms with van der Waals surface area (Å²) in [5, 5.41) is 3.03. The molecular weight excluding hydrogens is 1070 g/mol. The zero-order valence-electron chi connectivity index (χ0n) is 56.6. The molecule has 0 saturated heterocycles. The number of likely N-dealkylation sites (N-methyl/N-ethyl adjacent to an activating group) is 1. The van der Waals surface area contributed by atoms with E-state index in [9.17, 15) is 19.0 Å². The number of hydrogen-bond donors (Lipinski definition) is 1. The Hall–Kier alpha value is -2.81. The highest BCUT2D eigenvalue weighted by Gasteiger charge is 2.27. The van der Waals surface area contributed by atoms with E-state index in [-0.39, 0.29) is 31.3 Å². The predicted molar refractivity (Wildman–Crippen MR) is 367 cm³/mol. The Balaban J connectivity index is 5.09. The van der Waals surface area contributed by atoms with Crippen LogP contribution in [0.4, 0.5) is 0 Å². The van der Waals surface area contributed by atoms with E-state index in [4.69, 9.17) is 13.8 Å². The van der Waals surface area contributed by atoms with Gasteiger partial charge in [0.05, 0.1) is 33.8 Å². The lowest BCUT2D eigenvalue weighted by atomic mass is 10.0. The highest BCUT2D eigenvalue weighted by atomic mass is 31.2. The average molecular weight is 1210 g/mol. The standard InChI is InChI=1S/C75H137N2O7P/c1-7-10-13-16-19-22-25-28-30-32-34-35-36-37-38-39-40-41-43-45-47-50-53-56-59-62-65-68-75(79)84-73(66-63-60-57-54-51-48-27-24-21-18-15-12-9-3)72(71-83-85(80,81)82-70-69-77(4,5)6)76-74(78)67-64-61-58-55-52-49-46-44-42-33-31-29-26-23-20-17-14-11-8-2/h19-20,22-23,28-31,42,44,49,52,63,66,72-73H,7-18,21,24-27,32-41,43,45-48,50-51,53-62,64-65,67-71H2,1-6H3,(H-,76,78,80,81)/b22-19-,23-20-,30-28-,31-29-,44-42-,52-49-,66-63-. The third-order valence-corrected chi connectivity index (χ3v) is 16.8. The largest absolute Gasteiger partial charge is 0.756 e. The highest BCUT2D eigenvalue weighted by molar-refractivity contribution is 7.45. The van der Waals surface area contributed by atoms with Crippen molar-refractivity contribution in [2.45, 2.75) is 341 Å². The number of ether oxygens (including phenoxy) is 1. The number of nitrogens with one attached hydrogen (secondary N) is 1. The number of carbonyl (C=O) groups is 2. The van der Waals surface area contributed by atoms with Crippen LogP contribution in [0.5, 0.6) is 0 Å². The second kappa shape index (κ2) is 64.2. The van der Waals surface area contributed by atoms with Gasteiger partial charge in [-0.1, -0.05) is 292 Å². The lowest BCUT2D eigenvalue weighted by Crippen LogP contribution is -2.47. The van der Waals surface area contributed by atoms with Gasteiger partial charge in [0.15, 0.2) is 0 Å². The normalized spacial score (nSPS) is 14.0. The number of unbranched alkanes of at least 4 members (excludes halogenated alkanes) is 37. The van der Waals surface area contributed by atoms with Gasteiger partial charge in [-0.25, -0.2) is 0 Å². The summed E-state index contributed by atoms with van der Waals surface area (Å²) < 4.78 is 30.4. The van der Waals surface area contributed by atoms with Crippen molar-refractivity contribution in [2.24, 2.45) is 0 Å². The molecule has 85 heavy (non-hydrogen) atoms. The summed E-state index contributed by atoms with van der Waals surface area (Å²) in [7, 11) is 1.16. The molecule has 0 rings (SSSR count). The second-order valence-electron chi connectivity index (χ2n) is 25.4. The number of carbonyl (C=O) groups excluding carboxylic acids is 2. The molecule has 0 fully saturated rings. The van der Waals surface area contributed by atoms with Gasteiger partial charge in [0.25, 0.3) is 7.82 Å². The number of nitrogens with zero attached hydrogens (tertiary/aromatic N) is 1. The predicted octanol–water partition coefficient (Wildman–Crippen LogP) is 22.3. The van der Waals surface area contributed by atoms with Gasteiger partial charge in [0, 0.05) is 12.8 Å². The Bertz CT molecular complexity index is 1730. The highest BCUT2D eigenvalue weighted by Crippen LogP contribution is 2.38. The van der Waals surface area contributed by atoms with Crippen LogP contribution in [0.15, 0.2) is 85.1 Å². The molecule has 494 valence electrons. The zero-order chi connectivity index (χ0) is 62.1. The Morgan fingerprint density at radius 3 is 1.11 bits per heavy atom. The van der Waals surface area contributed by atoms with Gasteiger partial charge in [0.1, 0.15) is 19.3 Å². The Morgan fingerprint density at radius 1 is 0.412 bits per heavy atom. The molecule has 3 atom stereocenters. The van der Waals surface area contributed by atoms with E-state index >= 15 is 0 Å². The maximum atomic E-state index is 13.6. The maximum absolute atomic E-state index is 13.6. The monoisotopic (exact) mass is 1210 g/mol. The fourth-order valence-corrected chi connectivity index (χ4v) is 11.0. The van der Waals surface area contributed by atoms with Crippen molar-refractivity contribution in [1.82, 2.24) is 5.32 Å². The minimum atomic E-state index is -4.72. The van der Waals surface area contributed by atoms with E-state index in [1.165, 1.54) is 205 Å². The van der Waals surface area contributed by atoms with Crippen LogP contribution in [0.1, 0.15) is 329 Å². The lowest BCUT2D eigenvalue weighted by molar-refractivity contribution is -0.870. The van der Waals surface area contributed by atoms with Crippen LogP contribution in [0.3, 0.4) is 0 Å². The van der Waals surface area contributed by atoms with Gasteiger partial charge in [-0.05, 0) is 109 Å². The molecule has 0 aliphatic rings. The van der Waals surface area contributed by atoms with Crippen molar-refractivity contribution in [3.63, 3.8) is 0 Å². The Labute approximate surface area is 526 Å². The van der Waals surface area contributed by atoms with Crippen molar-refractivity contribution in [2.75, 3.05) is 40.9 Å². The van der Waals surface area contributed by atoms with Gasteiger partial charge >= 0.3 is 5.97 Å². The molecule has 10 heteroatoms. The molecule has 0 spiro atoms. The van der Waals surface area contributed by atoms with E-state index in [0.29, 0.717) is 17.4 Å². The van der Waals surface area contributed by atoms with Gasteiger partial charge in [0.2, 0.25) is 5.91 Å². The quantitative estimate of drug-likeness (QED) is 0.0212. The van der Waals surface area contributed by atoms with Crippen LogP contribution in [-0.2, 0) is 27.9 Å². The number of hydrogen-bond acceptors (Lipinski definition) is 7. The topological polar surface area (TPSA) is 114 Å². The molecule has 0 radical (unpaired) electrons. The summed E-state index contributed by atoms with van der Waals surface area (Å²) in [5.74, 6) is -0.569. The minimum Gasteiger partial charge on any atom is -0.756 e. The van der Waals surface area contributed by atoms with Crippen LogP contribution < -0.4 is 10.2 Å². The molecule has 0 aliphatic carbocycles. The number of esters is 1. The first kappa shape index (κ1) is 82.2. The zero-order valence-corrected chi connectivity index (χ0v) is 57.4. The van der Waals surface area contributed by atoms with E-state index in [2.05, 4.69) is 99.0 Å². The molecule has 9 nitrogen and oxygen atoms in total. The molecule has 0 aromatic carbocycles. The van der Waals surface area contributed by atoms with Gasteiger partial charge in [-0.3, -0.25) is 14.2 Å². The second-order valence-corrected chi connectivity index (χ2v) is 26.8. The van der Waals surface area contributed by atoms with Crippen molar-refractivity contribution in [1.29, 1.82) is 0 Å². The van der Waals surface area contributed by atoms with E-state index in [0.717, 1.165) is 83.5 Å². The molecule has 3 unspecified atom stereocenters. The van der Waals surface area contributed by atoms with E-state index < -0.39 is 26.6 Å². The van der Waals surface area contributed by atoms with Crippen LogP contribution in [0, 0.1) is 0 Å². The Kier molecular flexibility index (Phi) is 62.1. The van der Waals surface area contributed by atoms with E-state index in [1.807, 2.05) is 33.3 Å². The number of phosphoric ester groups is 1. The number of phosphoric acid groups is 1. The Morgan fingerprint density at radius 2 is 0.718 bits per heavy atom. The summed E-state index contributed by atoms with van der Waals surface area (Å²) in [4.78, 5) is 40.2. The smallest absolute Gasteiger partial charge is 0.306 e. The summed E-state index contributed by atoms with van der Waals surface area (Å²) in [6, 6.07) is -0.909. The average Bonchev–Trinajstić information content (AvgIpc) is 3.50. The van der Waals surface area contributed by atoms with Crippen LogP contribution in [0.2, 0.25) is 0 Å². The van der Waals surface area contributed by atoms with Crippen LogP contribution >= 0.6 is 7.82 Å². The molecule has 0 aliphatic heterocycles. The molecule has 0 aromatic rings. The summed E-state index contributed by atoms with van der Waals surface area (Å²) in [6.45, 7) is 6.80. The third-order valence-electron chi connectivity index (χ3n) is 15.8. The number of rotatable bonds is 65. The fraction of sp³-hybridized carbons (Fsp3) is 0.787. The van der Waals surface area contributed by atoms with Gasteiger partial charge in [-0.2, -0.15) is 0 Å². The fourth-order valence-electron chi connectivity index (χ4n) is 10.2. The summed E-state index contributed by atoms with van der Waals surface area (Å²) in [6.07, 6.45) is 85.7. The molecule has 0 heterocycles. The van der Waals surface area contributed by atoms with Crippen LogP contribution in [0.25, 0.3) is 0 Å². The number of quaternary nitrogens is 1. The van der Waals surface area contributed by atoms with Crippen molar-refractivity contribution >= 4 is 19.7 Å². The first-order valence-corrected chi connectivity index (χ1v) is 37.4. The van der Waals surface area contributed by atoms with Crippen LogP contribution in [-0.4, -0.2) is 69.4 Å². The first-order chi connectivity index (χ1) is 41.4.